The molecule has 31 heavy (non-hydrogen) atoms. The SMILES string of the molecule is CCn1c(N2CCOCC2)nc2c([C@H](C)Nc3ccccc3C(=O)O)cccc2c1=O. The molecule has 1 aliphatic rings. The van der Waals surface area contributed by atoms with Crippen molar-refractivity contribution in [3.8, 4) is 0 Å². The minimum absolute atomic E-state index is 0.0750. The average Bonchev–Trinajstić information content (AvgIpc) is 2.79. The summed E-state index contributed by atoms with van der Waals surface area (Å²) >= 11 is 0. The van der Waals surface area contributed by atoms with Crippen LogP contribution in [-0.4, -0.2) is 46.9 Å². The van der Waals surface area contributed by atoms with Crippen molar-refractivity contribution in [3.05, 3.63) is 63.9 Å². The lowest BCUT2D eigenvalue weighted by Crippen LogP contribution is -2.40. The van der Waals surface area contributed by atoms with Crippen LogP contribution in [0.4, 0.5) is 11.6 Å². The number of benzene rings is 2. The van der Waals surface area contributed by atoms with Crippen LogP contribution < -0.4 is 15.8 Å². The topological polar surface area (TPSA) is 96.7 Å². The number of hydrogen-bond donors (Lipinski definition) is 2. The van der Waals surface area contributed by atoms with Gasteiger partial charge in [-0.15, -0.1) is 0 Å². The first-order valence-electron chi connectivity index (χ1n) is 10.5. The Morgan fingerprint density at radius 1 is 1.19 bits per heavy atom. The molecule has 1 aliphatic heterocycles. The van der Waals surface area contributed by atoms with Gasteiger partial charge in [-0.25, -0.2) is 9.78 Å². The maximum Gasteiger partial charge on any atom is 0.337 e. The fourth-order valence-electron chi connectivity index (χ4n) is 4.00. The lowest BCUT2D eigenvalue weighted by atomic mass is 10.0. The second kappa shape index (κ2) is 8.77. The largest absolute Gasteiger partial charge is 0.478 e. The molecule has 0 radical (unpaired) electrons. The van der Waals surface area contributed by atoms with E-state index in [0.717, 1.165) is 5.56 Å². The summed E-state index contributed by atoms with van der Waals surface area (Å²) in [5.74, 6) is -0.347. The summed E-state index contributed by atoms with van der Waals surface area (Å²) in [6.45, 7) is 6.97. The van der Waals surface area contributed by atoms with Gasteiger partial charge >= 0.3 is 5.97 Å². The highest BCUT2D eigenvalue weighted by atomic mass is 16.5. The second-order valence-corrected chi connectivity index (χ2v) is 7.52. The lowest BCUT2D eigenvalue weighted by Gasteiger charge is -2.30. The molecule has 2 heterocycles. The van der Waals surface area contributed by atoms with E-state index in [1.165, 1.54) is 0 Å². The van der Waals surface area contributed by atoms with Crippen molar-refractivity contribution in [3.63, 3.8) is 0 Å². The van der Waals surface area contributed by atoms with Crippen molar-refractivity contribution >= 4 is 28.5 Å². The summed E-state index contributed by atoms with van der Waals surface area (Å²) in [6.07, 6.45) is 0. The van der Waals surface area contributed by atoms with Crippen LogP contribution in [0.3, 0.4) is 0 Å². The van der Waals surface area contributed by atoms with Gasteiger partial charge in [-0.05, 0) is 32.0 Å². The fraction of sp³-hybridized carbons (Fsp3) is 0.348. The number of rotatable bonds is 6. The summed E-state index contributed by atoms with van der Waals surface area (Å²) in [5.41, 5.74) is 2.12. The van der Waals surface area contributed by atoms with Crippen molar-refractivity contribution in [2.45, 2.75) is 26.4 Å². The van der Waals surface area contributed by atoms with Crippen LogP contribution in [0.5, 0.6) is 0 Å². The third-order valence-corrected chi connectivity index (χ3v) is 5.60. The Morgan fingerprint density at radius 2 is 1.94 bits per heavy atom. The van der Waals surface area contributed by atoms with Crippen molar-refractivity contribution in [2.24, 2.45) is 0 Å². The van der Waals surface area contributed by atoms with Gasteiger partial charge in [0.15, 0.2) is 0 Å². The summed E-state index contributed by atoms with van der Waals surface area (Å²) in [6, 6.07) is 12.1. The molecule has 0 saturated carbocycles. The maximum atomic E-state index is 13.3. The first-order chi connectivity index (χ1) is 15.0. The zero-order chi connectivity index (χ0) is 22.0. The van der Waals surface area contributed by atoms with E-state index in [-0.39, 0.29) is 17.2 Å². The molecule has 0 unspecified atom stereocenters. The molecule has 3 aromatic rings. The molecule has 1 saturated heterocycles. The maximum absolute atomic E-state index is 13.3. The van der Waals surface area contributed by atoms with E-state index >= 15 is 0 Å². The lowest BCUT2D eigenvalue weighted by molar-refractivity contribution is 0.0698. The summed E-state index contributed by atoms with van der Waals surface area (Å²) in [4.78, 5) is 31.9. The van der Waals surface area contributed by atoms with Gasteiger partial charge in [0.1, 0.15) is 0 Å². The van der Waals surface area contributed by atoms with Crippen LogP contribution in [0.1, 0.15) is 35.8 Å². The van der Waals surface area contributed by atoms with E-state index in [2.05, 4.69) is 10.2 Å². The number of ether oxygens (including phenoxy) is 1. The number of morpholine rings is 1. The molecule has 8 heteroatoms. The number of carbonyl (C=O) groups is 1. The van der Waals surface area contributed by atoms with Crippen LogP contribution >= 0.6 is 0 Å². The molecule has 2 aromatic carbocycles. The van der Waals surface area contributed by atoms with E-state index in [1.807, 2.05) is 26.0 Å². The predicted octanol–water partition coefficient (Wildman–Crippen LogP) is 3.12. The summed E-state index contributed by atoms with van der Waals surface area (Å²) in [5, 5.41) is 13.3. The van der Waals surface area contributed by atoms with Gasteiger partial charge in [0.25, 0.3) is 5.56 Å². The molecule has 8 nitrogen and oxygen atoms in total. The number of carboxylic acid groups (broad SMARTS) is 1. The number of carboxylic acids is 1. The first-order valence-corrected chi connectivity index (χ1v) is 10.5. The van der Waals surface area contributed by atoms with Gasteiger partial charge in [-0.3, -0.25) is 9.36 Å². The standard InChI is InChI=1S/C23H26N4O4/c1-3-27-21(28)18-9-6-8-16(20(18)25-23(27)26-11-13-31-14-12-26)15(2)24-19-10-5-4-7-17(19)22(29)30/h4-10,15,24H,3,11-14H2,1-2H3,(H,29,30)/t15-/m0/s1. The Hall–Kier alpha value is -3.39. The van der Waals surface area contributed by atoms with Gasteiger partial charge in [0.05, 0.1) is 35.7 Å². The fourth-order valence-corrected chi connectivity index (χ4v) is 4.00. The highest BCUT2D eigenvalue weighted by Crippen LogP contribution is 2.28. The van der Waals surface area contributed by atoms with Gasteiger partial charge in [-0.1, -0.05) is 24.3 Å². The number of fused-ring (bicyclic) bond motifs is 1. The molecule has 162 valence electrons. The van der Waals surface area contributed by atoms with Crippen LogP contribution in [0, 0.1) is 0 Å². The van der Waals surface area contributed by atoms with Gasteiger partial charge in [0, 0.05) is 30.9 Å². The number of aromatic nitrogens is 2. The molecule has 4 rings (SSSR count). The van der Waals surface area contributed by atoms with Crippen molar-refractivity contribution < 1.29 is 14.6 Å². The number of nitrogens with zero attached hydrogens (tertiary/aromatic N) is 3. The molecule has 0 bridgehead atoms. The van der Waals surface area contributed by atoms with Crippen molar-refractivity contribution in [2.75, 3.05) is 36.5 Å². The van der Waals surface area contributed by atoms with Crippen molar-refractivity contribution in [1.82, 2.24) is 9.55 Å². The number of nitrogens with one attached hydrogen (secondary N) is 1. The van der Waals surface area contributed by atoms with Crippen LogP contribution in [0.25, 0.3) is 10.9 Å². The van der Waals surface area contributed by atoms with Crippen LogP contribution in [0.2, 0.25) is 0 Å². The minimum atomic E-state index is -0.994. The highest BCUT2D eigenvalue weighted by molar-refractivity contribution is 5.94. The highest BCUT2D eigenvalue weighted by Gasteiger charge is 2.21. The smallest absolute Gasteiger partial charge is 0.337 e. The Kier molecular flexibility index (Phi) is 5.90. The molecule has 1 aromatic heterocycles. The predicted molar refractivity (Wildman–Crippen MR) is 120 cm³/mol. The third-order valence-electron chi connectivity index (χ3n) is 5.60. The number of hydrogen-bond acceptors (Lipinski definition) is 6. The normalized spacial score (nSPS) is 15.1. The summed E-state index contributed by atoms with van der Waals surface area (Å²) < 4.78 is 7.16. The molecular formula is C23H26N4O4. The summed E-state index contributed by atoms with van der Waals surface area (Å²) in [7, 11) is 0. The zero-order valence-electron chi connectivity index (χ0n) is 17.7. The molecule has 2 N–H and O–H groups in total. The minimum Gasteiger partial charge on any atom is -0.478 e. The third kappa shape index (κ3) is 3.98. The number of anilines is 2. The Bertz CT molecular complexity index is 1170. The van der Waals surface area contributed by atoms with Gasteiger partial charge in [-0.2, -0.15) is 0 Å². The quantitative estimate of drug-likeness (QED) is 0.630. The molecule has 0 amide bonds. The van der Waals surface area contributed by atoms with Crippen molar-refractivity contribution in [1.29, 1.82) is 0 Å². The number of aromatic carboxylic acids is 1. The Balaban J connectivity index is 1.80. The molecule has 1 atom stereocenters. The van der Waals surface area contributed by atoms with E-state index in [1.54, 1.807) is 34.9 Å². The zero-order valence-corrected chi connectivity index (χ0v) is 17.7. The van der Waals surface area contributed by atoms with Crippen LogP contribution in [-0.2, 0) is 11.3 Å². The molecular weight excluding hydrogens is 396 g/mol. The van der Waals surface area contributed by atoms with Gasteiger partial charge < -0.3 is 20.1 Å². The van der Waals surface area contributed by atoms with E-state index < -0.39 is 5.97 Å². The Morgan fingerprint density at radius 3 is 2.65 bits per heavy atom. The van der Waals surface area contributed by atoms with Gasteiger partial charge in [0.2, 0.25) is 5.95 Å². The van der Waals surface area contributed by atoms with E-state index in [4.69, 9.17) is 9.72 Å². The van der Waals surface area contributed by atoms with E-state index in [0.29, 0.717) is 55.4 Å². The number of para-hydroxylation sites is 2. The first kappa shape index (κ1) is 20.9. The second-order valence-electron chi connectivity index (χ2n) is 7.52. The molecule has 1 fully saturated rings. The monoisotopic (exact) mass is 422 g/mol. The average molecular weight is 422 g/mol. The van der Waals surface area contributed by atoms with E-state index in [9.17, 15) is 14.7 Å². The van der Waals surface area contributed by atoms with Crippen LogP contribution in [0.15, 0.2) is 47.3 Å². The Labute approximate surface area is 180 Å². The molecule has 0 aliphatic carbocycles. The molecule has 0 spiro atoms.